The lowest BCUT2D eigenvalue weighted by molar-refractivity contribution is -0.156. The number of hydrogen-bond acceptors (Lipinski definition) is 3. The molecule has 160 valence electrons. The maximum atomic E-state index is 12.7. The molecule has 0 saturated carbocycles. The summed E-state index contributed by atoms with van der Waals surface area (Å²) in [4.78, 5) is 12.7. The van der Waals surface area contributed by atoms with Crippen molar-refractivity contribution in [3.8, 4) is 0 Å². The largest absolute Gasteiger partial charge is 0.469 e. The number of carbonyl (C=O) groups excluding carboxylic acids is 1. The summed E-state index contributed by atoms with van der Waals surface area (Å²) in [6.45, 7) is 9.38. The first-order valence-electron chi connectivity index (χ1n) is 10.7. The molecule has 0 saturated heterocycles. The van der Waals surface area contributed by atoms with Gasteiger partial charge < -0.3 is 9.16 Å². The minimum Gasteiger partial charge on any atom is -0.469 e. The lowest BCUT2D eigenvalue weighted by Crippen LogP contribution is -2.67. The molecule has 0 radical (unpaired) electrons. The van der Waals surface area contributed by atoms with Crippen molar-refractivity contribution in [2.75, 3.05) is 13.7 Å². The number of benzene rings is 2. The molecule has 2 aromatic rings. The van der Waals surface area contributed by atoms with Crippen LogP contribution in [0.1, 0.15) is 40.5 Å². The third-order valence-electron chi connectivity index (χ3n) is 6.60. The molecule has 0 aromatic heterocycles. The van der Waals surface area contributed by atoms with E-state index in [1.807, 2.05) is 6.92 Å². The minimum atomic E-state index is -2.62. The van der Waals surface area contributed by atoms with E-state index in [4.69, 9.17) is 9.16 Å². The van der Waals surface area contributed by atoms with Crippen LogP contribution in [0.25, 0.3) is 0 Å². The average molecular weight is 423 g/mol. The van der Waals surface area contributed by atoms with Crippen LogP contribution >= 0.6 is 0 Å². The second kappa shape index (κ2) is 8.91. The molecule has 0 spiro atoms. The Kier molecular flexibility index (Phi) is 6.68. The summed E-state index contributed by atoms with van der Waals surface area (Å²) in [5.41, 5.74) is -0.561. The molecule has 3 rings (SSSR count). The third-order valence-corrected chi connectivity index (χ3v) is 11.6. The highest BCUT2D eigenvalue weighted by atomic mass is 28.4. The fraction of sp³-hybridized carbons (Fsp3) is 0.423. The summed E-state index contributed by atoms with van der Waals surface area (Å²) >= 11 is 0. The summed E-state index contributed by atoms with van der Waals surface area (Å²) in [5.74, 6) is -0.0699. The second-order valence-electron chi connectivity index (χ2n) is 9.49. The molecule has 4 heteroatoms. The Balaban J connectivity index is 2.06. The number of esters is 1. The highest BCUT2D eigenvalue weighted by Gasteiger charge is 2.52. The maximum Gasteiger partial charge on any atom is 0.312 e. The van der Waals surface area contributed by atoms with E-state index < -0.39 is 13.7 Å². The van der Waals surface area contributed by atoms with Crippen LogP contribution in [0.15, 0.2) is 72.8 Å². The van der Waals surface area contributed by atoms with Crippen molar-refractivity contribution >= 4 is 24.7 Å². The fourth-order valence-corrected chi connectivity index (χ4v) is 9.34. The molecule has 0 aliphatic heterocycles. The van der Waals surface area contributed by atoms with Crippen molar-refractivity contribution in [1.29, 1.82) is 0 Å². The van der Waals surface area contributed by atoms with E-state index in [1.165, 1.54) is 17.5 Å². The van der Waals surface area contributed by atoms with Crippen molar-refractivity contribution in [2.24, 2.45) is 11.3 Å². The number of allylic oxidation sites excluding steroid dienone is 2. The molecule has 2 aromatic carbocycles. The van der Waals surface area contributed by atoms with Crippen molar-refractivity contribution in [3.05, 3.63) is 72.8 Å². The predicted molar refractivity (Wildman–Crippen MR) is 126 cm³/mol. The van der Waals surface area contributed by atoms with E-state index in [1.54, 1.807) is 0 Å². The molecular weight excluding hydrogens is 388 g/mol. The van der Waals surface area contributed by atoms with Crippen molar-refractivity contribution in [2.45, 2.75) is 45.6 Å². The molecule has 0 unspecified atom stereocenters. The van der Waals surface area contributed by atoms with Gasteiger partial charge in [-0.15, -0.1) is 0 Å². The zero-order valence-electron chi connectivity index (χ0n) is 18.9. The van der Waals surface area contributed by atoms with Gasteiger partial charge in [0.15, 0.2) is 0 Å². The van der Waals surface area contributed by atoms with Gasteiger partial charge in [0.25, 0.3) is 8.32 Å². The second-order valence-corrected chi connectivity index (χ2v) is 13.8. The van der Waals surface area contributed by atoms with Crippen LogP contribution in [-0.2, 0) is 14.0 Å². The van der Waals surface area contributed by atoms with Gasteiger partial charge in [0.1, 0.15) is 0 Å². The van der Waals surface area contributed by atoms with Crippen LogP contribution in [-0.4, -0.2) is 28.0 Å². The van der Waals surface area contributed by atoms with E-state index in [2.05, 4.69) is 93.6 Å². The van der Waals surface area contributed by atoms with Crippen LogP contribution in [0.3, 0.4) is 0 Å². The van der Waals surface area contributed by atoms with Gasteiger partial charge in [0.05, 0.1) is 12.5 Å². The quantitative estimate of drug-likeness (QED) is 0.384. The van der Waals surface area contributed by atoms with Gasteiger partial charge >= 0.3 is 5.97 Å². The highest BCUT2D eigenvalue weighted by molar-refractivity contribution is 6.99. The zero-order valence-corrected chi connectivity index (χ0v) is 19.9. The molecule has 1 aliphatic rings. The molecular formula is C26H34O3Si. The van der Waals surface area contributed by atoms with E-state index in [-0.39, 0.29) is 16.9 Å². The topological polar surface area (TPSA) is 35.5 Å². The highest BCUT2D eigenvalue weighted by Crippen LogP contribution is 2.42. The van der Waals surface area contributed by atoms with Crippen molar-refractivity contribution < 1.29 is 14.0 Å². The minimum absolute atomic E-state index is 0.0802. The number of hydrogen-bond donors (Lipinski definition) is 0. The standard InChI is InChI=1S/C26H34O3Si/c1-25(2,3)30(22-15-8-6-9-16-22,23-17-10-7-11-18-23)29-20-21-14-12-13-19-26(21,4)24(27)28-5/h6-13,15-18,21H,14,19-20H2,1-5H3/t21-,26+/m1/s1. The smallest absolute Gasteiger partial charge is 0.312 e. The van der Waals surface area contributed by atoms with Crippen LogP contribution < -0.4 is 10.4 Å². The van der Waals surface area contributed by atoms with E-state index in [0.717, 1.165) is 6.42 Å². The lowest BCUT2D eigenvalue weighted by atomic mass is 9.70. The van der Waals surface area contributed by atoms with Crippen LogP contribution in [0.2, 0.25) is 5.04 Å². The first-order chi connectivity index (χ1) is 14.3. The Morgan fingerprint density at radius 1 is 1.00 bits per heavy atom. The Labute approximate surface area is 182 Å². The number of ether oxygens (including phenoxy) is 1. The van der Waals surface area contributed by atoms with E-state index >= 15 is 0 Å². The van der Waals surface area contributed by atoms with Gasteiger partial charge in [0.2, 0.25) is 0 Å². The number of methoxy groups -OCH3 is 1. The van der Waals surface area contributed by atoms with Gasteiger partial charge in [-0.25, -0.2) is 0 Å². The zero-order chi connectivity index (χ0) is 21.8. The summed E-state index contributed by atoms with van der Waals surface area (Å²) in [7, 11) is -1.14. The molecule has 0 bridgehead atoms. The SMILES string of the molecule is COC(=O)[C@@]1(C)CC=CC[C@@H]1CO[Si](c1ccccc1)(c1ccccc1)C(C)(C)C. The Morgan fingerprint density at radius 2 is 1.53 bits per heavy atom. The van der Waals surface area contributed by atoms with Crippen LogP contribution in [0.4, 0.5) is 0 Å². The van der Waals surface area contributed by atoms with Gasteiger partial charge in [-0.05, 0) is 35.2 Å². The van der Waals surface area contributed by atoms with E-state index in [0.29, 0.717) is 13.0 Å². The monoisotopic (exact) mass is 422 g/mol. The van der Waals surface area contributed by atoms with Crippen molar-refractivity contribution in [3.63, 3.8) is 0 Å². The Bertz CT molecular complexity index is 831. The molecule has 3 nitrogen and oxygen atoms in total. The van der Waals surface area contributed by atoms with Crippen LogP contribution in [0.5, 0.6) is 0 Å². The molecule has 0 N–H and O–H groups in total. The molecule has 1 aliphatic carbocycles. The molecule has 0 amide bonds. The number of rotatable bonds is 6. The molecule has 0 heterocycles. The summed E-state index contributed by atoms with van der Waals surface area (Å²) in [6.07, 6.45) is 5.78. The third kappa shape index (κ3) is 4.03. The van der Waals surface area contributed by atoms with Crippen LogP contribution in [0, 0.1) is 11.3 Å². The first-order valence-corrected chi connectivity index (χ1v) is 12.6. The van der Waals surface area contributed by atoms with Gasteiger partial charge in [0, 0.05) is 12.5 Å². The first kappa shape index (κ1) is 22.5. The van der Waals surface area contributed by atoms with E-state index in [9.17, 15) is 4.79 Å². The number of carbonyl (C=O) groups is 1. The summed E-state index contributed by atoms with van der Waals surface area (Å²) in [6, 6.07) is 21.3. The summed E-state index contributed by atoms with van der Waals surface area (Å²) in [5, 5.41) is 2.44. The lowest BCUT2D eigenvalue weighted by Gasteiger charge is -2.45. The molecule has 0 fully saturated rings. The fourth-order valence-electron chi connectivity index (χ4n) is 4.74. The Morgan fingerprint density at radius 3 is 2.00 bits per heavy atom. The molecule has 2 atom stereocenters. The van der Waals surface area contributed by atoms with Gasteiger partial charge in [-0.1, -0.05) is 93.6 Å². The Hall–Kier alpha value is -2.17. The maximum absolute atomic E-state index is 12.7. The van der Waals surface area contributed by atoms with Gasteiger partial charge in [-0.2, -0.15) is 0 Å². The molecule has 30 heavy (non-hydrogen) atoms. The summed E-state index contributed by atoms with van der Waals surface area (Å²) < 4.78 is 12.3. The van der Waals surface area contributed by atoms with Gasteiger partial charge in [-0.3, -0.25) is 4.79 Å². The normalized spacial score (nSPS) is 22.0. The predicted octanol–water partition coefficient (Wildman–Crippen LogP) is 4.71. The van der Waals surface area contributed by atoms with Crippen molar-refractivity contribution in [1.82, 2.24) is 0 Å². The average Bonchev–Trinajstić information content (AvgIpc) is 2.75.